The Morgan fingerprint density at radius 2 is 2.13 bits per heavy atom. The van der Waals surface area contributed by atoms with Crippen LogP contribution in [0.25, 0.3) is 0 Å². The van der Waals surface area contributed by atoms with E-state index in [1.54, 1.807) is 19.3 Å². The van der Waals surface area contributed by atoms with Gasteiger partial charge in [0.1, 0.15) is 0 Å². The fourth-order valence-electron chi connectivity index (χ4n) is 1.52. The maximum absolute atomic E-state index is 11.4. The molecule has 0 saturated carbocycles. The zero-order valence-corrected chi connectivity index (χ0v) is 9.56. The number of ether oxygens (including phenoxy) is 1. The first-order valence-corrected chi connectivity index (χ1v) is 5.44. The lowest BCUT2D eigenvalue weighted by atomic mass is 10.2. The molecular formula is C11H18N2O2. The van der Waals surface area contributed by atoms with Gasteiger partial charge in [0.05, 0.1) is 24.4 Å². The molecule has 1 rings (SSSR count). The van der Waals surface area contributed by atoms with Crippen LogP contribution < -0.4 is 0 Å². The Morgan fingerprint density at radius 3 is 2.67 bits per heavy atom. The average molecular weight is 210 g/mol. The van der Waals surface area contributed by atoms with Crippen LogP contribution in [0.15, 0.2) is 12.4 Å². The van der Waals surface area contributed by atoms with Crippen LogP contribution in [-0.2, 0) is 4.74 Å². The van der Waals surface area contributed by atoms with Crippen LogP contribution >= 0.6 is 0 Å². The molecule has 0 N–H and O–H groups in total. The summed E-state index contributed by atoms with van der Waals surface area (Å²) in [5, 5.41) is 4.18. The first-order chi connectivity index (χ1) is 7.22. The van der Waals surface area contributed by atoms with E-state index in [2.05, 4.69) is 18.9 Å². The molecule has 0 aromatic carbocycles. The van der Waals surface area contributed by atoms with Crippen LogP contribution in [-0.4, -0.2) is 22.4 Å². The number of nitrogens with zero attached hydrogens (tertiary/aromatic N) is 2. The summed E-state index contributed by atoms with van der Waals surface area (Å²) in [7, 11) is 0. The van der Waals surface area contributed by atoms with Gasteiger partial charge in [-0.3, -0.25) is 4.68 Å². The lowest BCUT2D eigenvalue weighted by Crippen LogP contribution is -2.07. The zero-order valence-electron chi connectivity index (χ0n) is 9.56. The molecule has 0 amide bonds. The standard InChI is InChI=1S/C11H18N2O2/c1-4-10(5-2)13-8-9(7-12-13)11(14)15-6-3/h7-8,10H,4-6H2,1-3H3. The van der Waals surface area contributed by atoms with Crippen molar-refractivity contribution in [2.45, 2.75) is 39.7 Å². The van der Waals surface area contributed by atoms with Crippen molar-refractivity contribution in [2.75, 3.05) is 6.61 Å². The Balaban J connectivity index is 2.75. The monoisotopic (exact) mass is 210 g/mol. The molecule has 0 bridgehead atoms. The van der Waals surface area contributed by atoms with Crippen LogP contribution in [0.1, 0.15) is 50.0 Å². The number of carbonyl (C=O) groups excluding carboxylic acids is 1. The maximum atomic E-state index is 11.4. The molecule has 0 unspecified atom stereocenters. The van der Waals surface area contributed by atoms with E-state index in [9.17, 15) is 4.79 Å². The summed E-state index contributed by atoms with van der Waals surface area (Å²) in [6.45, 7) is 6.41. The lowest BCUT2D eigenvalue weighted by molar-refractivity contribution is 0.0526. The van der Waals surface area contributed by atoms with Crippen LogP contribution in [0.3, 0.4) is 0 Å². The predicted molar refractivity (Wildman–Crippen MR) is 57.8 cm³/mol. The molecule has 0 aliphatic carbocycles. The Labute approximate surface area is 90.2 Å². The van der Waals surface area contributed by atoms with Gasteiger partial charge in [-0.05, 0) is 19.8 Å². The molecule has 0 aliphatic heterocycles. The number of hydrogen-bond acceptors (Lipinski definition) is 3. The van der Waals surface area contributed by atoms with E-state index in [1.165, 1.54) is 0 Å². The highest BCUT2D eigenvalue weighted by atomic mass is 16.5. The number of esters is 1. The zero-order chi connectivity index (χ0) is 11.3. The van der Waals surface area contributed by atoms with E-state index in [4.69, 9.17) is 4.74 Å². The Morgan fingerprint density at radius 1 is 1.47 bits per heavy atom. The highest BCUT2D eigenvalue weighted by Crippen LogP contribution is 2.15. The number of hydrogen-bond donors (Lipinski definition) is 0. The van der Waals surface area contributed by atoms with Crippen molar-refractivity contribution in [3.8, 4) is 0 Å². The van der Waals surface area contributed by atoms with Crippen molar-refractivity contribution in [1.82, 2.24) is 9.78 Å². The summed E-state index contributed by atoms with van der Waals surface area (Å²) < 4.78 is 6.74. The van der Waals surface area contributed by atoms with Crippen LogP contribution in [0.4, 0.5) is 0 Å². The minimum atomic E-state index is -0.297. The van der Waals surface area contributed by atoms with Crippen molar-refractivity contribution >= 4 is 5.97 Å². The van der Waals surface area contributed by atoms with Crippen molar-refractivity contribution < 1.29 is 9.53 Å². The molecule has 1 heterocycles. The molecule has 0 spiro atoms. The Hall–Kier alpha value is -1.32. The third-order valence-corrected chi connectivity index (χ3v) is 2.43. The molecule has 0 atom stereocenters. The molecule has 0 radical (unpaired) electrons. The van der Waals surface area contributed by atoms with Crippen LogP contribution in [0.2, 0.25) is 0 Å². The second kappa shape index (κ2) is 5.53. The van der Waals surface area contributed by atoms with E-state index in [1.807, 2.05) is 4.68 Å². The first-order valence-electron chi connectivity index (χ1n) is 5.44. The Bertz CT molecular complexity index is 316. The van der Waals surface area contributed by atoms with Gasteiger partial charge in [0, 0.05) is 6.20 Å². The molecule has 4 heteroatoms. The number of rotatable bonds is 5. The van der Waals surface area contributed by atoms with Crippen molar-refractivity contribution in [2.24, 2.45) is 0 Å². The number of carbonyl (C=O) groups is 1. The second-order valence-corrected chi connectivity index (χ2v) is 3.40. The highest BCUT2D eigenvalue weighted by Gasteiger charge is 2.12. The molecule has 0 fully saturated rings. The largest absolute Gasteiger partial charge is 0.462 e. The summed E-state index contributed by atoms with van der Waals surface area (Å²) in [5.41, 5.74) is 0.531. The van der Waals surface area contributed by atoms with E-state index in [0.717, 1.165) is 12.8 Å². The summed E-state index contributed by atoms with van der Waals surface area (Å²) in [6.07, 6.45) is 5.35. The molecule has 0 aliphatic rings. The van der Waals surface area contributed by atoms with Crippen LogP contribution in [0, 0.1) is 0 Å². The van der Waals surface area contributed by atoms with E-state index in [-0.39, 0.29) is 5.97 Å². The average Bonchev–Trinajstić information content (AvgIpc) is 2.69. The maximum Gasteiger partial charge on any atom is 0.341 e. The first kappa shape index (κ1) is 11.8. The van der Waals surface area contributed by atoms with Crippen molar-refractivity contribution in [1.29, 1.82) is 0 Å². The summed E-state index contributed by atoms with van der Waals surface area (Å²) >= 11 is 0. The van der Waals surface area contributed by atoms with E-state index < -0.39 is 0 Å². The summed E-state index contributed by atoms with van der Waals surface area (Å²) in [5.74, 6) is -0.297. The summed E-state index contributed by atoms with van der Waals surface area (Å²) in [6, 6.07) is 0.369. The molecule has 1 aromatic rings. The fraction of sp³-hybridized carbons (Fsp3) is 0.636. The SMILES string of the molecule is CCOC(=O)c1cnn(C(CC)CC)c1. The lowest BCUT2D eigenvalue weighted by Gasteiger charge is -2.11. The second-order valence-electron chi connectivity index (χ2n) is 3.40. The molecule has 1 aromatic heterocycles. The third-order valence-electron chi connectivity index (χ3n) is 2.43. The van der Waals surface area contributed by atoms with Gasteiger partial charge in [0.2, 0.25) is 0 Å². The molecule has 84 valence electrons. The predicted octanol–water partition coefficient (Wildman–Crippen LogP) is 2.42. The van der Waals surface area contributed by atoms with Gasteiger partial charge in [-0.2, -0.15) is 5.10 Å². The van der Waals surface area contributed by atoms with Gasteiger partial charge in [-0.25, -0.2) is 4.79 Å². The van der Waals surface area contributed by atoms with Crippen LogP contribution in [0.5, 0.6) is 0 Å². The van der Waals surface area contributed by atoms with Gasteiger partial charge in [-0.1, -0.05) is 13.8 Å². The normalized spacial score (nSPS) is 10.7. The van der Waals surface area contributed by atoms with Gasteiger partial charge >= 0.3 is 5.97 Å². The fourth-order valence-corrected chi connectivity index (χ4v) is 1.52. The third kappa shape index (κ3) is 2.81. The smallest absolute Gasteiger partial charge is 0.341 e. The van der Waals surface area contributed by atoms with Gasteiger partial charge in [0.25, 0.3) is 0 Å². The Kier molecular flexibility index (Phi) is 4.34. The topological polar surface area (TPSA) is 44.1 Å². The minimum absolute atomic E-state index is 0.297. The van der Waals surface area contributed by atoms with E-state index in [0.29, 0.717) is 18.2 Å². The van der Waals surface area contributed by atoms with Gasteiger partial charge < -0.3 is 4.74 Å². The summed E-state index contributed by atoms with van der Waals surface area (Å²) in [4.78, 5) is 11.4. The number of aromatic nitrogens is 2. The molecule has 15 heavy (non-hydrogen) atoms. The molecular weight excluding hydrogens is 192 g/mol. The molecule has 0 saturated heterocycles. The van der Waals surface area contributed by atoms with Gasteiger partial charge in [-0.15, -0.1) is 0 Å². The highest BCUT2D eigenvalue weighted by molar-refractivity contribution is 5.88. The van der Waals surface area contributed by atoms with Gasteiger partial charge in [0.15, 0.2) is 0 Å². The van der Waals surface area contributed by atoms with E-state index >= 15 is 0 Å². The van der Waals surface area contributed by atoms with Crippen molar-refractivity contribution in [3.63, 3.8) is 0 Å². The quantitative estimate of drug-likeness (QED) is 0.701. The minimum Gasteiger partial charge on any atom is -0.462 e. The van der Waals surface area contributed by atoms with Crippen molar-refractivity contribution in [3.05, 3.63) is 18.0 Å². The molecule has 4 nitrogen and oxygen atoms in total.